The summed E-state index contributed by atoms with van der Waals surface area (Å²) in [5.41, 5.74) is 1.10. The molecule has 7 heteroatoms. The molecule has 1 amide bonds. The van der Waals surface area contributed by atoms with Crippen LogP contribution >= 0.6 is 11.6 Å². The molecule has 2 atom stereocenters. The van der Waals surface area contributed by atoms with Crippen LogP contribution in [0.1, 0.15) is 12.5 Å². The zero-order valence-corrected chi connectivity index (χ0v) is 14.0. The Labute approximate surface area is 135 Å². The van der Waals surface area contributed by atoms with Crippen molar-refractivity contribution in [3.05, 3.63) is 34.9 Å². The second kappa shape index (κ2) is 5.83. The summed E-state index contributed by atoms with van der Waals surface area (Å²) < 4.78 is 24.1. The molecule has 0 radical (unpaired) electrons. The molecule has 1 aromatic carbocycles. The first-order chi connectivity index (χ1) is 10.4. The molecule has 5 nitrogen and oxygen atoms in total. The fourth-order valence-corrected chi connectivity index (χ4v) is 5.57. The topological polar surface area (TPSA) is 57.7 Å². The second-order valence-electron chi connectivity index (χ2n) is 6.02. The minimum atomic E-state index is -3.08. The van der Waals surface area contributed by atoms with E-state index in [1.165, 1.54) is 6.92 Å². The number of fused-ring (bicyclic) bond motifs is 1. The molecular weight excluding hydrogens is 324 g/mol. The molecule has 2 unspecified atom stereocenters. The van der Waals surface area contributed by atoms with Crippen molar-refractivity contribution < 1.29 is 13.2 Å². The van der Waals surface area contributed by atoms with Gasteiger partial charge in [0.15, 0.2) is 9.84 Å². The largest absolute Gasteiger partial charge is 0.336 e. The van der Waals surface area contributed by atoms with Crippen LogP contribution in [0, 0.1) is 0 Å². The van der Waals surface area contributed by atoms with E-state index in [-0.39, 0.29) is 29.5 Å². The Morgan fingerprint density at radius 1 is 1.18 bits per heavy atom. The lowest BCUT2D eigenvalue weighted by molar-refractivity contribution is -0.134. The summed E-state index contributed by atoms with van der Waals surface area (Å²) >= 11 is 5.90. The molecule has 0 saturated carbocycles. The Kier molecular flexibility index (Phi) is 4.18. The van der Waals surface area contributed by atoms with E-state index in [1.54, 1.807) is 4.90 Å². The molecule has 2 fully saturated rings. The predicted octanol–water partition coefficient (Wildman–Crippen LogP) is 1.17. The highest BCUT2D eigenvalue weighted by molar-refractivity contribution is 7.91. The number of hydrogen-bond acceptors (Lipinski definition) is 4. The molecule has 0 bridgehead atoms. The van der Waals surface area contributed by atoms with Gasteiger partial charge in [0.1, 0.15) is 0 Å². The third-order valence-corrected chi connectivity index (χ3v) is 6.45. The summed E-state index contributed by atoms with van der Waals surface area (Å²) in [4.78, 5) is 15.6. The average molecular weight is 343 g/mol. The van der Waals surface area contributed by atoms with Gasteiger partial charge in [0, 0.05) is 37.6 Å². The standard InChI is InChI=1S/C15H19ClN2O3S/c1-11(19)18-7-6-17(8-12-2-4-13(16)5-3-12)14-9-22(20,21)10-15(14)18/h2-5,14-15H,6-10H2,1H3. The first kappa shape index (κ1) is 15.8. The molecule has 3 rings (SSSR count). The summed E-state index contributed by atoms with van der Waals surface area (Å²) in [6, 6.07) is 7.26. The minimum Gasteiger partial charge on any atom is -0.336 e. The minimum absolute atomic E-state index is 0.0433. The van der Waals surface area contributed by atoms with Crippen LogP contribution in [0.15, 0.2) is 24.3 Å². The van der Waals surface area contributed by atoms with Gasteiger partial charge in [0.05, 0.1) is 17.5 Å². The van der Waals surface area contributed by atoms with Gasteiger partial charge in [-0.1, -0.05) is 23.7 Å². The summed E-state index contributed by atoms with van der Waals surface area (Å²) in [5, 5.41) is 0.687. The molecule has 0 spiro atoms. The van der Waals surface area contributed by atoms with Crippen molar-refractivity contribution in [3.63, 3.8) is 0 Å². The van der Waals surface area contributed by atoms with E-state index in [9.17, 15) is 13.2 Å². The van der Waals surface area contributed by atoms with Crippen molar-refractivity contribution in [2.45, 2.75) is 25.6 Å². The number of nitrogens with zero attached hydrogens (tertiary/aromatic N) is 2. The Balaban J connectivity index is 1.81. The van der Waals surface area contributed by atoms with E-state index in [0.717, 1.165) is 5.56 Å². The van der Waals surface area contributed by atoms with Gasteiger partial charge < -0.3 is 4.90 Å². The van der Waals surface area contributed by atoms with Gasteiger partial charge in [-0.25, -0.2) is 8.42 Å². The number of hydrogen-bond donors (Lipinski definition) is 0. The normalized spacial score (nSPS) is 27.6. The summed E-state index contributed by atoms with van der Waals surface area (Å²) in [6.45, 7) is 3.47. The molecule has 120 valence electrons. The Bertz CT molecular complexity index is 675. The number of carbonyl (C=O) groups is 1. The van der Waals surface area contributed by atoms with E-state index < -0.39 is 9.84 Å². The SMILES string of the molecule is CC(=O)N1CCN(Cc2ccc(Cl)cc2)C2CS(=O)(=O)CC21. The summed E-state index contributed by atoms with van der Waals surface area (Å²) in [7, 11) is -3.08. The number of carbonyl (C=O) groups excluding carboxylic acids is 1. The molecule has 2 aliphatic heterocycles. The van der Waals surface area contributed by atoms with Crippen LogP contribution < -0.4 is 0 Å². The van der Waals surface area contributed by atoms with Crippen LogP contribution in [0.4, 0.5) is 0 Å². The Morgan fingerprint density at radius 3 is 2.45 bits per heavy atom. The lowest BCUT2D eigenvalue weighted by atomic mass is 10.0. The lowest BCUT2D eigenvalue weighted by Gasteiger charge is -2.43. The molecule has 0 aliphatic carbocycles. The van der Waals surface area contributed by atoms with E-state index in [1.807, 2.05) is 24.3 Å². The van der Waals surface area contributed by atoms with Crippen molar-refractivity contribution in [3.8, 4) is 0 Å². The van der Waals surface area contributed by atoms with Crippen LogP contribution in [0.2, 0.25) is 5.02 Å². The van der Waals surface area contributed by atoms with Crippen LogP contribution in [-0.4, -0.2) is 60.8 Å². The van der Waals surface area contributed by atoms with Crippen LogP contribution in [0.3, 0.4) is 0 Å². The van der Waals surface area contributed by atoms with Crippen LogP contribution in [-0.2, 0) is 21.2 Å². The van der Waals surface area contributed by atoms with Gasteiger partial charge >= 0.3 is 0 Å². The molecular formula is C15H19ClN2O3S. The van der Waals surface area contributed by atoms with Crippen LogP contribution in [0.5, 0.6) is 0 Å². The second-order valence-corrected chi connectivity index (χ2v) is 8.61. The first-order valence-electron chi connectivity index (χ1n) is 7.32. The molecule has 1 aromatic rings. The summed E-state index contributed by atoms with van der Waals surface area (Å²) in [5.74, 6) is 0.168. The Morgan fingerprint density at radius 2 is 1.82 bits per heavy atom. The highest BCUT2D eigenvalue weighted by atomic mass is 35.5. The fourth-order valence-electron chi connectivity index (χ4n) is 3.44. The molecule has 2 heterocycles. The third-order valence-electron chi connectivity index (χ3n) is 4.49. The molecule has 2 saturated heterocycles. The maximum absolute atomic E-state index is 12.0. The maximum Gasteiger partial charge on any atom is 0.219 e. The highest BCUT2D eigenvalue weighted by Crippen LogP contribution is 2.28. The smallest absolute Gasteiger partial charge is 0.219 e. The van der Waals surface area contributed by atoms with Gasteiger partial charge in [-0.3, -0.25) is 9.69 Å². The van der Waals surface area contributed by atoms with Crippen molar-refractivity contribution in [1.82, 2.24) is 9.80 Å². The van der Waals surface area contributed by atoms with Gasteiger partial charge in [-0.15, -0.1) is 0 Å². The zero-order valence-electron chi connectivity index (χ0n) is 12.4. The van der Waals surface area contributed by atoms with Gasteiger partial charge in [0.25, 0.3) is 0 Å². The zero-order chi connectivity index (χ0) is 15.9. The van der Waals surface area contributed by atoms with Gasteiger partial charge in [-0.2, -0.15) is 0 Å². The van der Waals surface area contributed by atoms with E-state index in [0.29, 0.717) is 24.7 Å². The number of amides is 1. The Hall–Kier alpha value is -1.11. The molecule has 0 aromatic heterocycles. The van der Waals surface area contributed by atoms with Gasteiger partial charge in [0.2, 0.25) is 5.91 Å². The number of benzene rings is 1. The lowest BCUT2D eigenvalue weighted by Crippen LogP contribution is -2.59. The number of halogens is 1. The predicted molar refractivity (Wildman–Crippen MR) is 85.5 cm³/mol. The number of sulfone groups is 1. The van der Waals surface area contributed by atoms with Crippen molar-refractivity contribution in [2.24, 2.45) is 0 Å². The molecule has 22 heavy (non-hydrogen) atoms. The first-order valence-corrected chi connectivity index (χ1v) is 9.52. The number of piperazine rings is 1. The summed E-state index contributed by atoms with van der Waals surface area (Å²) in [6.07, 6.45) is 0. The van der Waals surface area contributed by atoms with Crippen molar-refractivity contribution in [1.29, 1.82) is 0 Å². The highest BCUT2D eigenvalue weighted by Gasteiger charge is 2.47. The molecule has 0 N–H and O–H groups in total. The maximum atomic E-state index is 12.0. The van der Waals surface area contributed by atoms with Crippen molar-refractivity contribution in [2.75, 3.05) is 24.6 Å². The van der Waals surface area contributed by atoms with Crippen LogP contribution in [0.25, 0.3) is 0 Å². The molecule has 2 aliphatic rings. The fraction of sp³-hybridized carbons (Fsp3) is 0.533. The van der Waals surface area contributed by atoms with E-state index >= 15 is 0 Å². The average Bonchev–Trinajstić information content (AvgIpc) is 2.76. The number of rotatable bonds is 2. The van der Waals surface area contributed by atoms with Crippen molar-refractivity contribution >= 4 is 27.3 Å². The van der Waals surface area contributed by atoms with Gasteiger partial charge in [-0.05, 0) is 17.7 Å². The monoisotopic (exact) mass is 342 g/mol. The van der Waals surface area contributed by atoms with E-state index in [2.05, 4.69) is 4.90 Å². The third kappa shape index (κ3) is 3.14. The quantitative estimate of drug-likeness (QED) is 0.809. The van der Waals surface area contributed by atoms with E-state index in [4.69, 9.17) is 11.6 Å².